The average molecular weight is 341 g/mol. The lowest BCUT2D eigenvalue weighted by Gasteiger charge is -2.22. The molecule has 0 amide bonds. The van der Waals surface area contributed by atoms with Gasteiger partial charge in [-0.2, -0.15) is 0 Å². The van der Waals surface area contributed by atoms with Crippen molar-refractivity contribution in [3.8, 4) is 0 Å². The summed E-state index contributed by atoms with van der Waals surface area (Å²) in [5.74, 6) is 0.745. The Kier molecular flexibility index (Phi) is 6.02. The van der Waals surface area contributed by atoms with Crippen molar-refractivity contribution in [3.05, 3.63) is 34.3 Å². The number of β-amino-alcohol motifs (C(OH)–C–C–N with tert-alkyl or cyclic N) is 1. The first-order valence-corrected chi connectivity index (χ1v) is 8.22. The predicted molar refractivity (Wildman–Crippen MR) is 86.8 cm³/mol. The lowest BCUT2D eigenvalue weighted by atomic mass is 10.1. The van der Waals surface area contributed by atoms with E-state index in [-0.39, 0.29) is 0 Å². The Morgan fingerprint density at radius 3 is 3.00 bits per heavy atom. The van der Waals surface area contributed by atoms with E-state index in [9.17, 15) is 5.11 Å². The van der Waals surface area contributed by atoms with Crippen LogP contribution in [0.2, 0.25) is 0 Å². The summed E-state index contributed by atoms with van der Waals surface area (Å²) in [6.45, 7) is 7.42. The number of rotatable bonds is 6. The molecule has 2 unspecified atom stereocenters. The van der Waals surface area contributed by atoms with Crippen molar-refractivity contribution >= 4 is 15.9 Å². The van der Waals surface area contributed by atoms with Crippen LogP contribution in [0.3, 0.4) is 0 Å². The maximum absolute atomic E-state index is 10.3. The molecule has 4 heteroatoms. The van der Waals surface area contributed by atoms with Crippen molar-refractivity contribution in [3.63, 3.8) is 0 Å². The van der Waals surface area contributed by atoms with Crippen LogP contribution in [0.5, 0.6) is 0 Å². The average Bonchev–Trinajstić information content (AvgIpc) is 2.85. The number of nitrogens with zero attached hydrogens (tertiary/aromatic N) is 2. The number of hydrogen-bond acceptors (Lipinski definition) is 3. The third kappa shape index (κ3) is 4.55. The topological polar surface area (TPSA) is 26.7 Å². The molecule has 0 radical (unpaired) electrons. The molecular formula is C16H25BrN2O. The molecule has 20 heavy (non-hydrogen) atoms. The Morgan fingerprint density at radius 1 is 1.50 bits per heavy atom. The highest BCUT2D eigenvalue weighted by Crippen LogP contribution is 2.23. The van der Waals surface area contributed by atoms with Crippen molar-refractivity contribution in [1.82, 2.24) is 9.80 Å². The van der Waals surface area contributed by atoms with Crippen LogP contribution in [-0.2, 0) is 0 Å². The summed E-state index contributed by atoms with van der Waals surface area (Å²) in [5, 5.41) is 10.3. The summed E-state index contributed by atoms with van der Waals surface area (Å²) in [4.78, 5) is 4.76. The molecule has 0 saturated carbocycles. The summed E-state index contributed by atoms with van der Waals surface area (Å²) >= 11 is 3.46. The summed E-state index contributed by atoms with van der Waals surface area (Å²) in [6.07, 6.45) is 0.852. The SMILES string of the molecule is CCN(C)CC1CCN(CC(O)c2cccc(Br)c2)C1. The van der Waals surface area contributed by atoms with Gasteiger partial charge in [0.15, 0.2) is 0 Å². The lowest BCUT2D eigenvalue weighted by molar-refractivity contribution is 0.123. The van der Waals surface area contributed by atoms with Gasteiger partial charge in [-0.15, -0.1) is 0 Å². The zero-order valence-corrected chi connectivity index (χ0v) is 14.0. The monoisotopic (exact) mass is 340 g/mol. The fourth-order valence-corrected chi connectivity index (χ4v) is 3.28. The highest BCUT2D eigenvalue weighted by molar-refractivity contribution is 9.10. The van der Waals surface area contributed by atoms with Gasteiger partial charge in [-0.1, -0.05) is 35.0 Å². The molecule has 1 aromatic carbocycles. The fourth-order valence-electron chi connectivity index (χ4n) is 2.86. The molecule has 112 valence electrons. The second-order valence-corrected chi connectivity index (χ2v) is 6.76. The van der Waals surface area contributed by atoms with Gasteiger partial charge in [0.05, 0.1) is 6.10 Å². The van der Waals surface area contributed by atoms with E-state index in [4.69, 9.17) is 0 Å². The molecule has 0 spiro atoms. The normalized spacial score (nSPS) is 21.6. The van der Waals surface area contributed by atoms with E-state index in [1.807, 2.05) is 24.3 Å². The van der Waals surface area contributed by atoms with Crippen LogP contribution in [0.4, 0.5) is 0 Å². The van der Waals surface area contributed by atoms with Crippen LogP contribution in [0.15, 0.2) is 28.7 Å². The number of benzene rings is 1. The van der Waals surface area contributed by atoms with Gasteiger partial charge in [-0.05, 0) is 50.2 Å². The summed E-state index contributed by atoms with van der Waals surface area (Å²) in [5.41, 5.74) is 0.994. The number of aliphatic hydroxyl groups is 1. The van der Waals surface area contributed by atoms with Crippen molar-refractivity contribution in [2.45, 2.75) is 19.4 Å². The standard InChI is InChI=1S/C16H25BrN2O/c1-3-18(2)10-13-7-8-19(11-13)12-16(20)14-5-4-6-15(17)9-14/h4-6,9,13,16,20H,3,7-8,10-12H2,1-2H3. The molecule has 0 aliphatic carbocycles. The molecule has 2 atom stereocenters. The molecule has 1 aliphatic rings. The van der Waals surface area contributed by atoms with Crippen LogP contribution in [0.25, 0.3) is 0 Å². The molecular weight excluding hydrogens is 316 g/mol. The zero-order valence-electron chi connectivity index (χ0n) is 12.4. The Labute approximate surface area is 130 Å². The van der Waals surface area contributed by atoms with Crippen LogP contribution in [0, 0.1) is 5.92 Å². The third-order valence-electron chi connectivity index (χ3n) is 4.14. The smallest absolute Gasteiger partial charge is 0.0917 e. The maximum Gasteiger partial charge on any atom is 0.0917 e. The van der Waals surface area contributed by atoms with E-state index < -0.39 is 6.10 Å². The summed E-state index contributed by atoms with van der Waals surface area (Å²) in [7, 11) is 2.18. The molecule has 1 heterocycles. The second-order valence-electron chi connectivity index (χ2n) is 5.84. The van der Waals surface area contributed by atoms with E-state index in [0.29, 0.717) is 0 Å². The number of aliphatic hydroxyl groups excluding tert-OH is 1. The van der Waals surface area contributed by atoms with Crippen molar-refractivity contribution in [2.24, 2.45) is 5.92 Å². The van der Waals surface area contributed by atoms with Crippen LogP contribution in [-0.4, -0.2) is 54.7 Å². The lowest BCUT2D eigenvalue weighted by Crippen LogP contribution is -2.30. The van der Waals surface area contributed by atoms with Gasteiger partial charge in [0.1, 0.15) is 0 Å². The van der Waals surface area contributed by atoms with Gasteiger partial charge < -0.3 is 14.9 Å². The van der Waals surface area contributed by atoms with Crippen molar-refractivity contribution in [2.75, 3.05) is 39.8 Å². The first-order valence-electron chi connectivity index (χ1n) is 7.43. The number of halogens is 1. The Balaban J connectivity index is 1.82. The fraction of sp³-hybridized carbons (Fsp3) is 0.625. The van der Waals surface area contributed by atoms with Crippen molar-refractivity contribution < 1.29 is 5.11 Å². The Hall–Kier alpha value is -0.420. The molecule has 3 nitrogen and oxygen atoms in total. The minimum absolute atomic E-state index is 0.393. The highest BCUT2D eigenvalue weighted by atomic mass is 79.9. The van der Waals surface area contributed by atoms with Gasteiger partial charge in [0.2, 0.25) is 0 Å². The van der Waals surface area contributed by atoms with Gasteiger partial charge in [0, 0.05) is 24.1 Å². The highest BCUT2D eigenvalue weighted by Gasteiger charge is 2.25. The predicted octanol–water partition coefficient (Wildman–Crippen LogP) is 2.76. The summed E-state index contributed by atoms with van der Waals surface area (Å²) < 4.78 is 1.03. The van der Waals surface area contributed by atoms with E-state index >= 15 is 0 Å². The van der Waals surface area contributed by atoms with Crippen LogP contribution in [0.1, 0.15) is 25.0 Å². The van der Waals surface area contributed by atoms with Gasteiger partial charge in [0.25, 0.3) is 0 Å². The van der Waals surface area contributed by atoms with E-state index in [1.54, 1.807) is 0 Å². The molecule has 1 aromatic rings. The maximum atomic E-state index is 10.3. The third-order valence-corrected chi connectivity index (χ3v) is 4.64. The van der Waals surface area contributed by atoms with E-state index in [1.165, 1.54) is 13.0 Å². The molecule has 0 bridgehead atoms. The Morgan fingerprint density at radius 2 is 2.30 bits per heavy atom. The molecule has 0 aromatic heterocycles. The summed E-state index contributed by atoms with van der Waals surface area (Å²) in [6, 6.07) is 7.96. The Bertz CT molecular complexity index is 427. The molecule has 1 saturated heterocycles. The minimum Gasteiger partial charge on any atom is -0.387 e. The van der Waals surface area contributed by atoms with Crippen LogP contribution >= 0.6 is 15.9 Å². The van der Waals surface area contributed by atoms with Crippen LogP contribution < -0.4 is 0 Å². The quantitative estimate of drug-likeness (QED) is 0.862. The number of hydrogen-bond donors (Lipinski definition) is 1. The zero-order chi connectivity index (χ0) is 14.5. The molecule has 1 N–H and O–H groups in total. The minimum atomic E-state index is -0.393. The molecule has 2 rings (SSSR count). The van der Waals surface area contributed by atoms with Gasteiger partial charge in [-0.3, -0.25) is 0 Å². The molecule has 1 aliphatic heterocycles. The largest absolute Gasteiger partial charge is 0.387 e. The van der Waals surface area contributed by atoms with Crippen molar-refractivity contribution in [1.29, 1.82) is 0 Å². The van der Waals surface area contributed by atoms with E-state index in [0.717, 1.165) is 42.1 Å². The molecule has 1 fully saturated rings. The first kappa shape index (κ1) is 16.0. The van der Waals surface area contributed by atoms with Gasteiger partial charge in [-0.25, -0.2) is 0 Å². The van der Waals surface area contributed by atoms with Gasteiger partial charge >= 0.3 is 0 Å². The van der Waals surface area contributed by atoms with E-state index in [2.05, 4.69) is 39.7 Å². The first-order chi connectivity index (χ1) is 9.58. The number of likely N-dealkylation sites (tertiary alicyclic amines) is 1. The second kappa shape index (κ2) is 7.55.